The molecule has 0 bridgehead atoms. The lowest BCUT2D eigenvalue weighted by molar-refractivity contribution is -0.388. The lowest BCUT2D eigenvalue weighted by atomic mass is 10.1. The topological polar surface area (TPSA) is 56.0 Å². The van der Waals surface area contributed by atoms with Gasteiger partial charge in [0.05, 0.1) is 9.40 Å². The van der Waals surface area contributed by atoms with Gasteiger partial charge in [-0.25, -0.2) is 4.39 Å². The predicted octanol–water partition coefficient (Wildman–Crippen LogP) is 4.30. The van der Waals surface area contributed by atoms with E-state index in [2.05, 4.69) is 20.9 Å². The zero-order valence-corrected chi connectivity index (χ0v) is 12.8. The van der Waals surface area contributed by atoms with E-state index >= 15 is 0 Å². The molecular formula is C11H4BrF2IN2O2. The van der Waals surface area contributed by atoms with Crippen LogP contribution in [0.5, 0.6) is 0 Å². The first-order valence-corrected chi connectivity index (χ1v) is 6.73. The Morgan fingerprint density at radius 3 is 2.68 bits per heavy atom. The highest BCUT2D eigenvalue weighted by Crippen LogP contribution is 2.38. The van der Waals surface area contributed by atoms with Gasteiger partial charge in [0, 0.05) is 11.8 Å². The third-order valence-corrected chi connectivity index (χ3v) is 4.00. The van der Waals surface area contributed by atoms with E-state index in [9.17, 15) is 18.9 Å². The lowest BCUT2D eigenvalue weighted by Gasteiger charge is -2.07. The Labute approximate surface area is 128 Å². The number of pyridine rings is 1. The van der Waals surface area contributed by atoms with Gasteiger partial charge in [0.15, 0.2) is 0 Å². The fourth-order valence-electron chi connectivity index (χ4n) is 1.51. The SMILES string of the molecule is O=[N+]([O-])c1c(F)c(Br)cc(-c2ncccc2F)c1I. The van der Waals surface area contributed by atoms with Crippen LogP contribution in [0.4, 0.5) is 14.5 Å². The number of nitro benzene ring substituents is 1. The molecule has 0 saturated carbocycles. The number of aromatic nitrogens is 1. The van der Waals surface area contributed by atoms with Crippen LogP contribution in [0.2, 0.25) is 0 Å². The molecule has 0 fully saturated rings. The van der Waals surface area contributed by atoms with Gasteiger partial charge in [-0.1, -0.05) is 0 Å². The van der Waals surface area contributed by atoms with Gasteiger partial charge in [0.1, 0.15) is 15.1 Å². The van der Waals surface area contributed by atoms with Crippen molar-refractivity contribution in [2.75, 3.05) is 0 Å². The van der Waals surface area contributed by atoms with Crippen molar-refractivity contribution in [3.63, 3.8) is 0 Å². The van der Waals surface area contributed by atoms with E-state index in [1.54, 1.807) is 22.6 Å². The van der Waals surface area contributed by atoms with Crippen molar-refractivity contribution in [2.45, 2.75) is 0 Å². The van der Waals surface area contributed by atoms with Gasteiger partial charge in [-0.05, 0) is 56.7 Å². The molecule has 8 heteroatoms. The molecule has 0 saturated heterocycles. The minimum Gasteiger partial charge on any atom is -0.258 e. The van der Waals surface area contributed by atoms with Crippen molar-refractivity contribution in [3.05, 3.63) is 54.2 Å². The van der Waals surface area contributed by atoms with Crippen LogP contribution in [0.15, 0.2) is 28.9 Å². The largest absolute Gasteiger partial charge is 0.319 e. The van der Waals surface area contributed by atoms with Crippen molar-refractivity contribution in [1.29, 1.82) is 0 Å². The minimum atomic E-state index is -0.991. The number of hydrogen-bond acceptors (Lipinski definition) is 3. The number of hydrogen-bond donors (Lipinski definition) is 0. The Balaban J connectivity index is 2.80. The van der Waals surface area contributed by atoms with Crippen molar-refractivity contribution in [1.82, 2.24) is 4.98 Å². The minimum absolute atomic E-state index is 0.000833. The summed E-state index contributed by atoms with van der Waals surface area (Å²) in [6.45, 7) is 0. The molecule has 0 unspecified atom stereocenters. The van der Waals surface area contributed by atoms with E-state index in [0.29, 0.717) is 0 Å². The fraction of sp³-hybridized carbons (Fsp3) is 0. The standard InChI is InChI=1S/C11H4BrF2IN2O2/c12-6-4-5(10-7(13)2-1-3-16-10)9(15)11(8(6)14)17(18)19/h1-4H. The molecule has 0 amide bonds. The van der Waals surface area contributed by atoms with Crippen LogP contribution in [0.1, 0.15) is 0 Å². The molecular weight excluding hydrogens is 437 g/mol. The number of halogens is 4. The first-order chi connectivity index (χ1) is 8.93. The molecule has 0 aliphatic carbocycles. The van der Waals surface area contributed by atoms with E-state index in [1.165, 1.54) is 24.4 Å². The van der Waals surface area contributed by atoms with Gasteiger partial charge in [0.2, 0.25) is 5.82 Å². The maximum Gasteiger partial charge on any atom is 0.319 e. The summed E-state index contributed by atoms with van der Waals surface area (Å²) in [5.41, 5.74) is -0.593. The Kier molecular flexibility index (Phi) is 4.09. The zero-order chi connectivity index (χ0) is 14.2. The molecule has 1 heterocycles. The average molecular weight is 441 g/mol. The third kappa shape index (κ3) is 2.59. The van der Waals surface area contributed by atoms with Crippen LogP contribution in [0.25, 0.3) is 11.3 Å². The summed E-state index contributed by atoms with van der Waals surface area (Å²) in [6.07, 6.45) is 1.36. The third-order valence-electron chi connectivity index (χ3n) is 2.33. The Morgan fingerprint density at radius 1 is 1.42 bits per heavy atom. The van der Waals surface area contributed by atoms with Crippen molar-refractivity contribution in [3.8, 4) is 11.3 Å². The first-order valence-electron chi connectivity index (χ1n) is 4.86. The molecule has 0 N–H and O–H groups in total. The van der Waals surface area contributed by atoms with Crippen LogP contribution < -0.4 is 0 Å². The Hall–Kier alpha value is -1.16. The van der Waals surface area contributed by atoms with Gasteiger partial charge < -0.3 is 0 Å². The molecule has 0 radical (unpaired) electrons. The van der Waals surface area contributed by atoms with Crippen LogP contribution in [0.3, 0.4) is 0 Å². The Bertz CT molecular complexity index is 682. The number of rotatable bonds is 2. The summed E-state index contributed by atoms with van der Waals surface area (Å²) < 4.78 is 27.3. The van der Waals surface area contributed by atoms with Crippen molar-refractivity contribution < 1.29 is 13.7 Å². The van der Waals surface area contributed by atoms with Crippen molar-refractivity contribution >= 4 is 44.2 Å². The maximum atomic E-state index is 13.7. The maximum absolute atomic E-state index is 13.7. The van der Waals surface area contributed by atoms with Crippen LogP contribution >= 0.6 is 38.5 Å². The molecule has 0 aliphatic rings. The van der Waals surface area contributed by atoms with Gasteiger partial charge in [-0.15, -0.1) is 0 Å². The highest BCUT2D eigenvalue weighted by molar-refractivity contribution is 14.1. The van der Waals surface area contributed by atoms with Gasteiger partial charge in [-0.2, -0.15) is 4.39 Å². The molecule has 19 heavy (non-hydrogen) atoms. The van der Waals surface area contributed by atoms with E-state index in [-0.39, 0.29) is 19.3 Å². The van der Waals surface area contributed by atoms with Gasteiger partial charge in [0.25, 0.3) is 0 Å². The summed E-state index contributed by atoms with van der Waals surface area (Å²) in [7, 11) is 0. The smallest absolute Gasteiger partial charge is 0.258 e. The summed E-state index contributed by atoms with van der Waals surface area (Å²) in [5, 5.41) is 10.9. The molecule has 2 rings (SSSR count). The van der Waals surface area contributed by atoms with E-state index in [4.69, 9.17) is 0 Å². The molecule has 0 atom stereocenters. The predicted molar refractivity (Wildman–Crippen MR) is 76.7 cm³/mol. The monoisotopic (exact) mass is 440 g/mol. The molecule has 2 aromatic rings. The fourth-order valence-corrected chi connectivity index (χ4v) is 2.77. The molecule has 1 aromatic heterocycles. The summed E-state index contributed by atoms with van der Waals surface area (Å²) >= 11 is 4.50. The summed E-state index contributed by atoms with van der Waals surface area (Å²) in [4.78, 5) is 13.9. The highest BCUT2D eigenvalue weighted by Gasteiger charge is 2.26. The van der Waals surface area contributed by atoms with Crippen molar-refractivity contribution in [2.24, 2.45) is 0 Å². The summed E-state index contributed by atoms with van der Waals surface area (Å²) in [5.74, 6) is -1.62. The summed E-state index contributed by atoms with van der Waals surface area (Å²) in [6, 6.07) is 3.86. The van der Waals surface area contributed by atoms with Gasteiger partial charge in [-0.3, -0.25) is 15.1 Å². The number of nitro groups is 1. The van der Waals surface area contributed by atoms with Gasteiger partial charge >= 0.3 is 5.69 Å². The first kappa shape index (κ1) is 14.3. The number of nitrogens with zero attached hydrogens (tertiary/aromatic N) is 2. The second kappa shape index (κ2) is 5.45. The molecule has 4 nitrogen and oxygen atoms in total. The average Bonchev–Trinajstić information content (AvgIpc) is 2.34. The molecule has 0 aliphatic heterocycles. The molecule has 1 aromatic carbocycles. The number of benzene rings is 1. The molecule has 98 valence electrons. The zero-order valence-electron chi connectivity index (χ0n) is 9.03. The highest BCUT2D eigenvalue weighted by atomic mass is 127. The van der Waals surface area contributed by atoms with Crippen LogP contribution in [0, 0.1) is 25.3 Å². The Morgan fingerprint density at radius 2 is 2.11 bits per heavy atom. The lowest BCUT2D eigenvalue weighted by Crippen LogP contribution is -2.01. The van der Waals surface area contributed by atoms with Crippen LogP contribution in [-0.2, 0) is 0 Å². The van der Waals surface area contributed by atoms with Crippen LogP contribution in [-0.4, -0.2) is 9.91 Å². The molecule has 0 spiro atoms. The quantitative estimate of drug-likeness (QED) is 0.303. The van der Waals surface area contributed by atoms with E-state index in [1.807, 2.05) is 0 Å². The second-order valence-electron chi connectivity index (χ2n) is 3.47. The van der Waals surface area contributed by atoms with E-state index < -0.39 is 22.2 Å². The normalized spacial score (nSPS) is 10.5. The van der Waals surface area contributed by atoms with E-state index in [0.717, 1.165) is 0 Å². The second-order valence-corrected chi connectivity index (χ2v) is 5.41.